The van der Waals surface area contributed by atoms with Crippen LogP contribution in [0.25, 0.3) is 0 Å². The first kappa shape index (κ1) is 23.3. The maximum Gasteiger partial charge on any atom is 0.253 e. The van der Waals surface area contributed by atoms with Crippen molar-refractivity contribution in [1.29, 1.82) is 0 Å². The van der Waals surface area contributed by atoms with Crippen LogP contribution in [0.2, 0.25) is 10.0 Å². The van der Waals surface area contributed by atoms with Crippen molar-refractivity contribution in [2.75, 3.05) is 0 Å². The van der Waals surface area contributed by atoms with E-state index in [0.29, 0.717) is 10.8 Å². The average Bonchev–Trinajstić information content (AvgIpc) is 3.11. The van der Waals surface area contributed by atoms with Gasteiger partial charge in [0, 0.05) is 30.5 Å². The smallest absolute Gasteiger partial charge is 0.253 e. The molecule has 31 heavy (non-hydrogen) atoms. The van der Waals surface area contributed by atoms with Gasteiger partial charge >= 0.3 is 0 Å². The number of amides is 1. The van der Waals surface area contributed by atoms with Crippen molar-refractivity contribution in [2.45, 2.75) is 30.8 Å². The van der Waals surface area contributed by atoms with E-state index >= 15 is 0 Å². The lowest BCUT2D eigenvalue weighted by Gasteiger charge is -2.20. The Hall–Kier alpha value is -2.39. The van der Waals surface area contributed by atoms with Crippen molar-refractivity contribution in [3.8, 4) is 0 Å². The summed E-state index contributed by atoms with van der Waals surface area (Å²) < 4.78 is 29.3. The topological polar surface area (TPSA) is 93.1 Å². The number of benzene rings is 2. The molecule has 1 aromatic heterocycles. The maximum atomic E-state index is 13.2. The molecule has 1 amide bonds. The number of nitrogens with one attached hydrogen (secondary N) is 2. The summed E-state index contributed by atoms with van der Waals surface area (Å²) in [6, 6.07) is 10.1. The van der Waals surface area contributed by atoms with Crippen LogP contribution in [-0.2, 0) is 17.1 Å². The van der Waals surface area contributed by atoms with Crippen LogP contribution in [0.4, 0.5) is 0 Å². The van der Waals surface area contributed by atoms with Crippen LogP contribution in [0.5, 0.6) is 0 Å². The Labute approximate surface area is 191 Å². The minimum Gasteiger partial charge on any atom is -0.338 e. The number of carbonyl (C=O) groups excluding carboxylic acids is 1. The molecule has 0 aliphatic carbocycles. The highest BCUT2D eigenvalue weighted by molar-refractivity contribution is 7.89. The van der Waals surface area contributed by atoms with E-state index in [1.807, 2.05) is 7.05 Å². The van der Waals surface area contributed by atoms with E-state index in [1.165, 1.54) is 18.2 Å². The molecule has 10 heteroatoms. The Morgan fingerprint density at radius 3 is 2.35 bits per heavy atom. The van der Waals surface area contributed by atoms with E-state index in [4.69, 9.17) is 23.2 Å². The second-order valence-electron chi connectivity index (χ2n) is 7.27. The summed E-state index contributed by atoms with van der Waals surface area (Å²) in [7, 11) is -1.97. The Balaban J connectivity index is 1.98. The van der Waals surface area contributed by atoms with Gasteiger partial charge in [0.15, 0.2) is 0 Å². The molecule has 164 valence electrons. The van der Waals surface area contributed by atoms with Gasteiger partial charge in [-0.15, -0.1) is 0 Å². The molecule has 1 atom stereocenters. The molecule has 0 saturated carbocycles. The molecule has 0 saturated heterocycles. The number of aryl methyl sites for hydroxylation is 1. The highest BCUT2D eigenvalue weighted by Gasteiger charge is 2.24. The summed E-state index contributed by atoms with van der Waals surface area (Å²) in [5.41, 5.74) is 0.801. The van der Waals surface area contributed by atoms with E-state index in [1.54, 1.807) is 55.1 Å². The summed E-state index contributed by atoms with van der Waals surface area (Å²) in [6.45, 7) is 3.43. The number of halogens is 2. The molecule has 3 rings (SSSR count). The van der Waals surface area contributed by atoms with E-state index in [2.05, 4.69) is 15.0 Å². The van der Waals surface area contributed by atoms with Gasteiger partial charge in [0.25, 0.3) is 5.91 Å². The minimum absolute atomic E-state index is 0.0430. The molecule has 3 aromatic rings. The van der Waals surface area contributed by atoms with Crippen molar-refractivity contribution in [1.82, 2.24) is 19.6 Å². The van der Waals surface area contributed by atoms with Crippen LogP contribution in [0.1, 0.15) is 41.6 Å². The zero-order valence-corrected chi connectivity index (χ0v) is 19.5. The summed E-state index contributed by atoms with van der Waals surface area (Å²) in [5, 5.41) is 3.60. The number of carbonyl (C=O) groups is 1. The Morgan fingerprint density at radius 2 is 1.77 bits per heavy atom. The molecule has 0 bridgehead atoms. The second kappa shape index (κ2) is 9.40. The third kappa shape index (κ3) is 5.46. The monoisotopic (exact) mass is 480 g/mol. The van der Waals surface area contributed by atoms with Crippen LogP contribution < -0.4 is 10.0 Å². The fourth-order valence-corrected chi connectivity index (χ4v) is 4.65. The van der Waals surface area contributed by atoms with Gasteiger partial charge in [0.2, 0.25) is 10.0 Å². The van der Waals surface area contributed by atoms with Crippen molar-refractivity contribution in [3.63, 3.8) is 0 Å². The van der Waals surface area contributed by atoms with Crippen LogP contribution in [-0.4, -0.2) is 29.9 Å². The number of hydrogen-bond donors (Lipinski definition) is 2. The standard InChI is InChI=1S/C21H22Cl2N4O3S/c1-13(2)26-31(29,30)16-8-9-18(23)17(12-16)21(28)25-19(20-24-10-11-27(20)3)14-4-6-15(22)7-5-14/h4-13,19,26H,1-3H3,(H,25,28). The van der Waals surface area contributed by atoms with Gasteiger partial charge in [-0.3, -0.25) is 4.79 Å². The van der Waals surface area contributed by atoms with Crippen LogP contribution >= 0.6 is 23.2 Å². The number of hydrogen-bond acceptors (Lipinski definition) is 4. The minimum atomic E-state index is -3.79. The lowest BCUT2D eigenvalue weighted by Crippen LogP contribution is -2.32. The van der Waals surface area contributed by atoms with Crippen LogP contribution in [0.15, 0.2) is 59.8 Å². The summed E-state index contributed by atoms with van der Waals surface area (Å²) >= 11 is 12.2. The predicted molar refractivity (Wildman–Crippen MR) is 121 cm³/mol. The molecule has 1 unspecified atom stereocenters. The molecular formula is C21H22Cl2N4O3S. The maximum absolute atomic E-state index is 13.2. The number of nitrogens with zero attached hydrogens (tertiary/aromatic N) is 2. The largest absolute Gasteiger partial charge is 0.338 e. The molecule has 0 aliphatic heterocycles. The highest BCUT2D eigenvalue weighted by Crippen LogP contribution is 2.25. The third-order valence-electron chi connectivity index (χ3n) is 4.48. The zero-order chi connectivity index (χ0) is 22.8. The van der Waals surface area contributed by atoms with Crippen molar-refractivity contribution >= 4 is 39.1 Å². The predicted octanol–water partition coefficient (Wildman–Crippen LogP) is 3.93. The van der Waals surface area contributed by atoms with E-state index < -0.39 is 22.0 Å². The van der Waals surface area contributed by atoms with Gasteiger partial charge in [-0.1, -0.05) is 35.3 Å². The Bertz CT molecular complexity index is 1190. The number of rotatable bonds is 7. The van der Waals surface area contributed by atoms with Gasteiger partial charge in [-0.2, -0.15) is 0 Å². The molecule has 2 N–H and O–H groups in total. The van der Waals surface area contributed by atoms with Gasteiger partial charge in [-0.05, 0) is 49.7 Å². The molecule has 0 spiro atoms. The second-order valence-corrected chi connectivity index (χ2v) is 9.83. The van der Waals surface area contributed by atoms with Crippen molar-refractivity contribution in [3.05, 3.63) is 81.9 Å². The average molecular weight is 481 g/mol. The lowest BCUT2D eigenvalue weighted by molar-refractivity contribution is 0.0941. The fraction of sp³-hybridized carbons (Fsp3) is 0.238. The van der Waals surface area contributed by atoms with Gasteiger partial charge in [0.1, 0.15) is 11.9 Å². The van der Waals surface area contributed by atoms with E-state index in [-0.39, 0.29) is 21.5 Å². The zero-order valence-electron chi connectivity index (χ0n) is 17.1. The van der Waals surface area contributed by atoms with E-state index in [9.17, 15) is 13.2 Å². The highest BCUT2D eigenvalue weighted by atomic mass is 35.5. The van der Waals surface area contributed by atoms with Gasteiger partial charge in [0.05, 0.1) is 15.5 Å². The van der Waals surface area contributed by atoms with Crippen LogP contribution in [0.3, 0.4) is 0 Å². The summed E-state index contributed by atoms with van der Waals surface area (Å²) in [4.78, 5) is 17.5. The number of imidazole rings is 1. The fourth-order valence-electron chi connectivity index (χ4n) is 3.04. The molecular weight excluding hydrogens is 459 g/mol. The Morgan fingerprint density at radius 1 is 1.10 bits per heavy atom. The van der Waals surface area contributed by atoms with E-state index in [0.717, 1.165) is 5.56 Å². The number of sulfonamides is 1. The SMILES string of the molecule is CC(C)NS(=O)(=O)c1ccc(Cl)c(C(=O)NC(c2ccc(Cl)cc2)c2nccn2C)c1. The van der Waals surface area contributed by atoms with Gasteiger partial charge < -0.3 is 9.88 Å². The molecule has 2 aromatic carbocycles. The van der Waals surface area contributed by atoms with Crippen molar-refractivity contribution in [2.24, 2.45) is 7.05 Å². The number of aromatic nitrogens is 2. The third-order valence-corrected chi connectivity index (χ3v) is 6.72. The molecule has 7 nitrogen and oxygen atoms in total. The quantitative estimate of drug-likeness (QED) is 0.535. The molecule has 0 aliphatic rings. The first-order chi connectivity index (χ1) is 14.6. The Kier molecular flexibility index (Phi) is 7.06. The van der Waals surface area contributed by atoms with Crippen molar-refractivity contribution < 1.29 is 13.2 Å². The molecule has 0 fully saturated rings. The molecule has 1 heterocycles. The van der Waals surface area contributed by atoms with Crippen LogP contribution in [0, 0.1) is 0 Å². The normalized spacial score (nSPS) is 12.7. The lowest BCUT2D eigenvalue weighted by atomic mass is 10.1. The molecule has 0 radical (unpaired) electrons. The first-order valence-corrected chi connectivity index (χ1v) is 11.7. The summed E-state index contributed by atoms with van der Waals surface area (Å²) in [6.07, 6.45) is 3.39. The van der Waals surface area contributed by atoms with Gasteiger partial charge in [-0.25, -0.2) is 18.1 Å². The first-order valence-electron chi connectivity index (χ1n) is 9.44. The summed E-state index contributed by atoms with van der Waals surface area (Å²) in [5.74, 6) is 0.0617.